The number of benzene rings is 3. The lowest BCUT2D eigenvalue weighted by Gasteiger charge is -2.32. The summed E-state index contributed by atoms with van der Waals surface area (Å²) in [5.74, 6) is 1.90. The number of likely N-dealkylation sites (N-methyl/N-ethyl adjacent to an activating group) is 1. The van der Waals surface area contributed by atoms with Crippen LogP contribution in [0.5, 0.6) is 23.0 Å². The van der Waals surface area contributed by atoms with Gasteiger partial charge in [0.25, 0.3) is 0 Å². The minimum Gasteiger partial charge on any atom is -0.508 e. The molecule has 39 heavy (non-hydrogen) atoms. The summed E-state index contributed by atoms with van der Waals surface area (Å²) >= 11 is 0. The van der Waals surface area contributed by atoms with E-state index in [2.05, 4.69) is 29.7 Å². The Morgan fingerprint density at radius 3 is 2.38 bits per heavy atom. The van der Waals surface area contributed by atoms with E-state index in [0.717, 1.165) is 50.1 Å². The molecule has 3 aromatic carbocycles. The molecule has 4 rings (SSSR count). The third-order valence-electron chi connectivity index (χ3n) is 7.75. The van der Waals surface area contributed by atoms with E-state index in [-0.39, 0.29) is 17.5 Å². The number of nitrogens with zero attached hydrogens (tertiary/aromatic N) is 2. The molecule has 0 amide bonds. The van der Waals surface area contributed by atoms with Crippen molar-refractivity contribution < 1.29 is 23.7 Å². The van der Waals surface area contributed by atoms with Crippen molar-refractivity contribution in [2.75, 3.05) is 52.4 Å². The SMILES string of the molecule is CCN(C)CCOc1ccc(CN(CC)c2cc(OC)c(OC)cc2[C@@H]2CCc3cc(O)ccc3C2)cc1F. The summed E-state index contributed by atoms with van der Waals surface area (Å²) in [5.41, 5.74) is 5.59. The molecule has 0 heterocycles. The van der Waals surface area contributed by atoms with E-state index in [0.29, 0.717) is 30.4 Å². The third kappa shape index (κ3) is 6.77. The van der Waals surface area contributed by atoms with Crippen molar-refractivity contribution in [1.82, 2.24) is 4.90 Å². The van der Waals surface area contributed by atoms with Crippen LogP contribution in [0.4, 0.5) is 10.1 Å². The van der Waals surface area contributed by atoms with E-state index in [1.54, 1.807) is 32.4 Å². The molecule has 1 atom stereocenters. The summed E-state index contributed by atoms with van der Waals surface area (Å²) < 4.78 is 32.0. The van der Waals surface area contributed by atoms with Gasteiger partial charge in [0.05, 0.1) is 14.2 Å². The Morgan fingerprint density at radius 1 is 0.923 bits per heavy atom. The van der Waals surface area contributed by atoms with Crippen LogP contribution in [0, 0.1) is 5.82 Å². The summed E-state index contributed by atoms with van der Waals surface area (Å²) in [6, 6.07) is 15.1. The molecular formula is C32H41FN2O4. The average molecular weight is 537 g/mol. The molecule has 7 heteroatoms. The lowest BCUT2D eigenvalue weighted by molar-refractivity contribution is 0.236. The predicted molar refractivity (Wildman–Crippen MR) is 154 cm³/mol. The third-order valence-corrected chi connectivity index (χ3v) is 7.75. The molecule has 0 saturated heterocycles. The van der Waals surface area contributed by atoms with Crippen LogP contribution in [-0.2, 0) is 19.4 Å². The van der Waals surface area contributed by atoms with Crippen LogP contribution in [-0.4, -0.2) is 57.5 Å². The van der Waals surface area contributed by atoms with Gasteiger partial charge in [0.15, 0.2) is 23.1 Å². The number of hydrogen-bond acceptors (Lipinski definition) is 6. The average Bonchev–Trinajstić information content (AvgIpc) is 2.95. The van der Waals surface area contributed by atoms with Gasteiger partial charge in [-0.2, -0.15) is 0 Å². The molecule has 1 aliphatic rings. The number of rotatable bonds is 12. The Morgan fingerprint density at radius 2 is 1.69 bits per heavy atom. The van der Waals surface area contributed by atoms with Crippen LogP contribution in [0.25, 0.3) is 0 Å². The van der Waals surface area contributed by atoms with Crippen LogP contribution in [0.2, 0.25) is 0 Å². The number of aromatic hydroxyl groups is 1. The number of hydrogen-bond donors (Lipinski definition) is 1. The van der Waals surface area contributed by atoms with Gasteiger partial charge in [0, 0.05) is 31.4 Å². The van der Waals surface area contributed by atoms with Crippen LogP contribution in [0.15, 0.2) is 48.5 Å². The van der Waals surface area contributed by atoms with Crippen molar-refractivity contribution in [2.45, 2.75) is 45.6 Å². The lowest BCUT2D eigenvalue weighted by atomic mass is 9.79. The molecule has 6 nitrogen and oxygen atoms in total. The van der Waals surface area contributed by atoms with E-state index in [1.807, 2.05) is 31.3 Å². The summed E-state index contributed by atoms with van der Waals surface area (Å²) in [6.45, 7) is 7.59. The Hall–Kier alpha value is -3.45. The molecule has 0 aliphatic heterocycles. The fraction of sp³-hybridized carbons (Fsp3) is 0.438. The van der Waals surface area contributed by atoms with E-state index in [4.69, 9.17) is 14.2 Å². The Bertz CT molecular complexity index is 1270. The number of anilines is 1. The topological polar surface area (TPSA) is 54.4 Å². The largest absolute Gasteiger partial charge is 0.508 e. The molecule has 0 bridgehead atoms. The second-order valence-corrected chi connectivity index (χ2v) is 10.2. The van der Waals surface area contributed by atoms with E-state index >= 15 is 0 Å². The van der Waals surface area contributed by atoms with Gasteiger partial charge in [-0.3, -0.25) is 0 Å². The predicted octanol–water partition coefficient (Wildman–Crippen LogP) is 6.18. The van der Waals surface area contributed by atoms with Crippen molar-refractivity contribution in [3.63, 3.8) is 0 Å². The van der Waals surface area contributed by atoms with Crippen molar-refractivity contribution in [1.29, 1.82) is 0 Å². The maximum absolute atomic E-state index is 15.0. The molecule has 0 fully saturated rings. The van der Waals surface area contributed by atoms with Crippen molar-refractivity contribution >= 4 is 5.69 Å². The van der Waals surface area contributed by atoms with Crippen molar-refractivity contribution in [2.24, 2.45) is 0 Å². The molecule has 0 spiro atoms. The monoisotopic (exact) mass is 536 g/mol. The van der Waals surface area contributed by atoms with E-state index in [1.165, 1.54) is 16.7 Å². The first-order valence-corrected chi connectivity index (χ1v) is 13.8. The number of phenols is 1. The zero-order valence-electron chi connectivity index (χ0n) is 23.8. The quantitative estimate of drug-likeness (QED) is 0.298. The first-order chi connectivity index (χ1) is 18.9. The number of aryl methyl sites for hydroxylation is 1. The fourth-order valence-electron chi connectivity index (χ4n) is 5.31. The van der Waals surface area contributed by atoms with Crippen LogP contribution in [0.1, 0.15) is 48.4 Å². The summed E-state index contributed by atoms with van der Waals surface area (Å²) in [5, 5.41) is 9.92. The highest BCUT2D eigenvalue weighted by atomic mass is 19.1. The smallest absolute Gasteiger partial charge is 0.165 e. The second-order valence-electron chi connectivity index (χ2n) is 10.2. The normalized spacial score (nSPS) is 14.7. The number of fused-ring (bicyclic) bond motifs is 1. The Labute approximate surface area is 231 Å². The summed E-state index contributed by atoms with van der Waals surface area (Å²) in [4.78, 5) is 4.38. The zero-order chi connectivity index (χ0) is 27.9. The minimum atomic E-state index is -0.345. The molecular weight excluding hydrogens is 495 g/mol. The first-order valence-electron chi connectivity index (χ1n) is 13.8. The molecule has 0 radical (unpaired) electrons. The lowest BCUT2D eigenvalue weighted by Crippen LogP contribution is -2.25. The first kappa shape index (κ1) is 28.6. The fourth-order valence-corrected chi connectivity index (χ4v) is 5.31. The molecule has 1 N–H and O–H groups in total. The number of phenolic OH excluding ortho intramolecular Hbond substituents is 1. The number of halogens is 1. The number of ether oxygens (including phenoxy) is 3. The summed E-state index contributed by atoms with van der Waals surface area (Å²) in [7, 11) is 5.32. The van der Waals surface area contributed by atoms with Gasteiger partial charge in [0.1, 0.15) is 12.4 Å². The van der Waals surface area contributed by atoms with Crippen LogP contribution >= 0.6 is 0 Å². The van der Waals surface area contributed by atoms with Crippen LogP contribution < -0.4 is 19.1 Å². The Kier molecular flexibility index (Phi) is 9.57. The highest BCUT2D eigenvalue weighted by Crippen LogP contribution is 2.43. The molecule has 210 valence electrons. The van der Waals surface area contributed by atoms with Gasteiger partial charge < -0.3 is 29.1 Å². The number of methoxy groups -OCH3 is 2. The van der Waals surface area contributed by atoms with Gasteiger partial charge >= 0.3 is 0 Å². The minimum absolute atomic E-state index is 0.277. The highest BCUT2D eigenvalue weighted by molar-refractivity contribution is 5.64. The molecule has 1 aliphatic carbocycles. The summed E-state index contributed by atoms with van der Waals surface area (Å²) in [6.07, 6.45) is 2.74. The van der Waals surface area contributed by atoms with Crippen molar-refractivity contribution in [3.8, 4) is 23.0 Å². The Balaban J connectivity index is 1.60. The van der Waals surface area contributed by atoms with Gasteiger partial charge in [0.2, 0.25) is 0 Å². The molecule has 0 saturated carbocycles. The molecule has 0 unspecified atom stereocenters. The maximum atomic E-state index is 15.0. The maximum Gasteiger partial charge on any atom is 0.165 e. The zero-order valence-corrected chi connectivity index (χ0v) is 23.8. The van der Waals surface area contributed by atoms with Crippen LogP contribution in [0.3, 0.4) is 0 Å². The van der Waals surface area contributed by atoms with E-state index < -0.39 is 0 Å². The molecule has 3 aromatic rings. The molecule has 0 aromatic heterocycles. The van der Waals surface area contributed by atoms with E-state index in [9.17, 15) is 9.50 Å². The van der Waals surface area contributed by atoms with Gasteiger partial charge in [-0.25, -0.2) is 4.39 Å². The van der Waals surface area contributed by atoms with Crippen molar-refractivity contribution in [3.05, 3.63) is 76.6 Å². The van der Waals surface area contributed by atoms with Gasteiger partial charge in [-0.15, -0.1) is 0 Å². The van der Waals surface area contributed by atoms with Gasteiger partial charge in [-0.05, 0) is 98.3 Å². The highest BCUT2D eigenvalue weighted by Gasteiger charge is 2.26. The standard InChI is InChI=1S/C32H41FN2O4/c1-6-34(3)14-15-39-30-13-8-22(16-28(30)33)21-35(7-2)29-20-32(38-5)31(37-4)19-27(29)25-10-9-24-18-26(36)12-11-23(24)17-25/h8,11-13,16,18-20,25,36H,6-7,9-10,14-15,17,21H2,1-5H3/t25-/m1/s1. The van der Waals surface area contributed by atoms with Gasteiger partial charge in [-0.1, -0.05) is 19.1 Å². The second kappa shape index (κ2) is 13.1.